The first-order chi connectivity index (χ1) is 18.5. The fourth-order valence-corrected chi connectivity index (χ4v) is 7.25. The molecule has 4 rings (SSSR count). The van der Waals surface area contributed by atoms with Gasteiger partial charge in [-0.15, -0.1) is 0 Å². The summed E-state index contributed by atoms with van der Waals surface area (Å²) in [7, 11) is -2.60. The van der Waals surface area contributed by atoms with Crippen molar-refractivity contribution in [3.8, 4) is 0 Å². The van der Waals surface area contributed by atoms with Crippen LogP contribution in [-0.2, 0) is 10.0 Å². The summed E-state index contributed by atoms with van der Waals surface area (Å²) >= 11 is 19.0. The monoisotopic (exact) mass is 608 g/mol. The Hall–Kier alpha value is -2.52. The molecule has 1 aliphatic rings. The van der Waals surface area contributed by atoms with Crippen LogP contribution in [0.25, 0.3) is 0 Å². The molecule has 2 aromatic carbocycles. The van der Waals surface area contributed by atoms with Gasteiger partial charge < -0.3 is 10.2 Å². The van der Waals surface area contributed by atoms with Crippen molar-refractivity contribution in [1.29, 1.82) is 0 Å². The molecule has 1 aliphatic heterocycles. The van der Waals surface area contributed by atoms with E-state index in [4.69, 9.17) is 34.8 Å². The van der Waals surface area contributed by atoms with Crippen LogP contribution in [0.1, 0.15) is 47.2 Å². The average Bonchev–Trinajstić information content (AvgIpc) is 2.91. The summed E-state index contributed by atoms with van der Waals surface area (Å²) in [6.07, 6.45) is 7.64. The van der Waals surface area contributed by atoms with E-state index in [1.54, 1.807) is 32.3 Å². The van der Waals surface area contributed by atoms with Crippen LogP contribution in [0, 0.1) is 13.8 Å². The second-order valence-corrected chi connectivity index (χ2v) is 12.9. The van der Waals surface area contributed by atoms with Crippen molar-refractivity contribution >= 4 is 62.1 Å². The van der Waals surface area contributed by atoms with Gasteiger partial charge in [-0.25, -0.2) is 8.42 Å². The molecule has 3 aromatic rings. The Bertz CT molecular complexity index is 1470. The Morgan fingerprint density at radius 2 is 1.74 bits per heavy atom. The Kier molecular flexibility index (Phi) is 9.32. The van der Waals surface area contributed by atoms with Crippen LogP contribution >= 0.6 is 34.8 Å². The zero-order valence-corrected chi connectivity index (χ0v) is 25.1. The molecule has 1 fully saturated rings. The number of piperidine rings is 1. The molecule has 1 amide bonds. The van der Waals surface area contributed by atoms with E-state index in [1.165, 1.54) is 25.2 Å². The molecule has 1 atom stereocenters. The summed E-state index contributed by atoms with van der Waals surface area (Å²) in [5.74, 6) is -0.395. The maximum atomic E-state index is 13.5. The number of carbonyl (C=O) groups is 1. The molecule has 1 saturated heterocycles. The smallest absolute Gasteiger partial charge is 0.264 e. The van der Waals surface area contributed by atoms with Crippen LogP contribution < -0.4 is 14.5 Å². The normalized spacial score (nSPS) is 15.7. The first-order valence-corrected chi connectivity index (χ1v) is 15.3. The number of nitrogens with one attached hydrogen (secondary N) is 1. The molecule has 208 valence electrons. The van der Waals surface area contributed by atoms with Gasteiger partial charge in [0.1, 0.15) is 0 Å². The second kappa shape index (κ2) is 12.3. The number of carbonyl (C=O) groups excluding carboxylic acids is 1. The van der Waals surface area contributed by atoms with Crippen LogP contribution in [0.2, 0.25) is 15.1 Å². The number of aryl methyl sites for hydroxylation is 2. The SMILES string of the molecule is Cc1cc(S(=O)(=O)N(C)c2cc(C(=O)NCCC3CCCCN3c3ccncc3)c(Cl)cc2Cl)c(C)cc1Cl. The number of nitrogens with zero attached hydrogens (tertiary/aromatic N) is 3. The van der Waals surface area contributed by atoms with E-state index in [0.717, 1.165) is 42.2 Å². The van der Waals surface area contributed by atoms with Gasteiger partial charge in [-0.2, -0.15) is 0 Å². The third kappa shape index (κ3) is 6.46. The van der Waals surface area contributed by atoms with E-state index in [1.807, 2.05) is 12.1 Å². The Labute approximate surface area is 245 Å². The second-order valence-electron chi connectivity index (χ2n) is 9.72. The first-order valence-electron chi connectivity index (χ1n) is 12.7. The van der Waals surface area contributed by atoms with E-state index in [9.17, 15) is 13.2 Å². The molecular formula is C28H31Cl3N4O3S. The molecule has 11 heteroatoms. The van der Waals surface area contributed by atoms with Gasteiger partial charge in [-0.05, 0) is 87.1 Å². The number of pyridine rings is 1. The lowest BCUT2D eigenvalue weighted by atomic mass is 9.98. The minimum Gasteiger partial charge on any atom is -0.368 e. The summed E-state index contributed by atoms with van der Waals surface area (Å²) in [4.78, 5) is 19.7. The van der Waals surface area contributed by atoms with E-state index < -0.39 is 15.9 Å². The molecule has 0 radical (unpaired) electrons. The van der Waals surface area contributed by atoms with Gasteiger partial charge in [0.15, 0.2) is 0 Å². The van der Waals surface area contributed by atoms with Crippen molar-refractivity contribution in [3.05, 3.63) is 80.6 Å². The molecule has 1 aromatic heterocycles. The molecule has 0 aliphatic carbocycles. The van der Waals surface area contributed by atoms with Crippen LogP contribution in [0.4, 0.5) is 11.4 Å². The lowest BCUT2D eigenvalue weighted by molar-refractivity contribution is 0.0952. The highest BCUT2D eigenvalue weighted by atomic mass is 35.5. The molecule has 7 nitrogen and oxygen atoms in total. The number of aromatic nitrogens is 1. The maximum Gasteiger partial charge on any atom is 0.264 e. The molecule has 1 N–H and O–H groups in total. The van der Waals surface area contributed by atoms with Crippen molar-refractivity contribution < 1.29 is 13.2 Å². The predicted molar refractivity (Wildman–Crippen MR) is 159 cm³/mol. The fourth-order valence-electron chi connectivity index (χ4n) is 4.89. The van der Waals surface area contributed by atoms with Crippen LogP contribution in [-0.4, -0.2) is 45.5 Å². The Morgan fingerprint density at radius 3 is 2.46 bits per heavy atom. The maximum absolute atomic E-state index is 13.5. The van der Waals surface area contributed by atoms with Crippen molar-refractivity contribution in [2.24, 2.45) is 0 Å². The third-order valence-electron chi connectivity index (χ3n) is 7.10. The highest BCUT2D eigenvalue weighted by Crippen LogP contribution is 2.35. The minimum absolute atomic E-state index is 0.107. The van der Waals surface area contributed by atoms with Gasteiger partial charge in [-0.1, -0.05) is 34.8 Å². The number of anilines is 2. The Morgan fingerprint density at radius 1 is 1.03 bits per heavy atom. The summed E-state index contributed by atoms with van der Waals surface area (Å²) < 4.78 is 28.1. The van der Waals surface area contributed by atoms with Crippen LogP contribution in [0.15, 0.2) is 53.7 Å². The van der Waals surface area contributed by atoms with Crippen molar-refractivity contribution in [3.63, 3.8) is 0 Å². The number of hydrogen-bond donors (Lipinski definition) is 1. The highest BCUT2D eigenvalue weighted by Gasteiger charge is 2.28. The molecule has 2 heterocycles. The zero-order valence-electron chi connectivity index (χ0n) is 22.0. The van der Waals surface area contributed by atoms with Gasteiger partial charge in [-0.3, -0.25) is 14.1 Å². The molecule has 0 spiro atoms. The number of sulfonamides is 1. The zero-order chi connectivity index (χ0) is 28.3. The number of hydrogen-bond acceptors (Lipinski definition) is 5. The van der Waals surface area contributed by atoms with Crippen LogP contribution in [0.5, 0.6) is 0 Å². The largest absolute Gasteiger partial charge is 0.368 e. The van der Waals surface area contributed by atoms with Crippen molar-refractivity contribution in [2.45, 2.75) is 50.5 Å². The van der Waals surface area contributed by atoms with E-state index >= 15 is 0 Å². The van der Waals surface area contributed by atoms with E-state index in [0.29, 0.717) is 28.7 Å². The third-order valence-corrected chi connectivity index (χ3v) is 10.0. The van der Waals surface area contributed by atoms with E-state index in [-0.39, 0.29) is 26.2 Å². The molecule has 39 heavy (non-hydrogen) atoms. The molecule has 0 saturated carbocycles. The van der Waals surface area contributed by atoms with Gasteiger partial charge in [0.25, 0.3) is 15.9 Å². The number of benzene rings is 2. The quantitative estimate of drug-likeness (QED) is 0.309. The summed E-state index contributed by atoms with van der Waals surface area (Å²) in [5.41, 5.74) is 2.56. The lowest BCUT2D eigenvalue weighted by Gasteiger charge is -2.37. The summed E-state index contributed by atoms with van der Waals surface area (Å²) in [6.45, 7) is 4.82. The highest BCUT2D eigenvalue weighted by molar-refractivity contribution is 7.92. The van der Waals surface area contributed by atoms with Crippen molar-refractivity contribution in [1.82, 2.24) is 10.3 Å². The summed E-state index contributed by atoms with van der Waals surface area (Å²) in [6, 6.07) is 10.3. The fraction of sp³-hybridized carbons (Fsp3) is 0.357. The molecular weight excluding hydrogens is 579 g/mol. The number of rotatable bonds is 8. The van der Waals surface area contributed by atoms with Gasteiger partial charge in [0.2, 0.25) is 0 Å². The molecule has 0 bridgehead atoms. The standard InChI is InChI=1S/C28H31Cl3N4O3S/c1-18-15-27(19(2)14-23(18)29)39(37,38)34(3)26-16-22(24(30)17-25(26)31)28(36)33-12-9-20-6-4-5-13-35(20)21-7-10-32-11-8-21/h7-8,10-11,14-17,20H,4-6,9,12-13H2,1-3H3,(H,33,36). The van der Waals surface area contributed by atoms with Gasteiger partial charge in [0.05, 0.1) is 26.2 Å². The van der Waals surface area contributed by atoms with Crippen LogP contribution in [0.3, 0.4) is 0 Å². The number of halogens is 3. The Balaban J connectivity index is 1.51. The summed E-state index contributed by atoms with van der Waals surface area (Å²) in [5, 5.41) is 3.68. The van der Waals surface area contributed by atoms with Gasteiger partial charge >= 0.3 is 0 Å². The van der Waals surface area contributed by atoms with Gasteiger partial charge in [0, 0.05) is 49.3 Å². The first kappa shape index (κ1) is 29.5. The molecule has 1 unspecified atom stereocenters. The lowest BCUT2D eigenvalue weighted by Crippen LogP contribution is -2.41. The number of amides is 1. The van der Waals surface area contributed by atoms with Crippen molar-refractivity contribution in [2.75, 3.05) is 29.3 Å². The van der Waals surface area contributed by atoms with E-state index in [2.05, 4.69) is 15.2 Å². The average molecular weight is 610 g/mol. The predicted octanol–water partition coefficient (Wildman–Crippen LogP) is 6.66. The minimum atomic E-state index is -4.00. The topological polar surface area (TPSA) is 82.6 Å².